The van der Waals surface area contributed by atoms with Crippen LogP contribution < -0.4 is 0 Å². The Labute approximate surface area is 97.9 Å². The van der Waals surface area contributed by atoms with E-state index in [1.807, 2.05) is 6.20 Å². The van der Waals surface area contributed by atoms with Gasteiger partial charge in [-0.3, -0.25) is 4.98 Å². The molecule has 0 radical (unpaired) electrons. The molecule has 1 nitrogen and oxygen atoms in total. The second-order valence-corrected chi connectivity index (χ2v) is 6.45. The molecule has 0 spiro atoms. The molecular weight excluding hydrogens is 206 g/mol. The van der Waals surface area contributed by atoms with Crippen molar-refractivity contribution in [3.8, 4) is 0 Å². The van der Waals surface area contributed by atoms with E-state index < -0.39 is 0 Å². The van der Waals surface area contributed by atoms with Crippen LogP contribution in [0.25, 0.3) is 0 Å². The van der Waals surface area contributed by atoms with Gasteiger partial charge in [0.15, 0.2) is 0 Å². The first-order valence-electron chi connectivity index (χ1n) is 5.28. The average molecular weight is 226 g/mol. The number of hydrogen-bond acceptors (Lipinski definition) is 1. The van der Waals surface area contributed by atoms with Crippen LogP contribution >= 0.6 is 11.6 Å². The summed E-state index contributed by atoms with van der Waals surface area (Å²) in [5, 5.41) is 0.773. The Hall–Kier alpha value is -0.560. The van der Waals surface area contributed by atoms with E-state index in [1.165, 1.54) is 11.1 Å². The third-order valence-electron chi connectivity index (χ3n) is 2.46. The van der Waals surface area contributed by atoms with Crippen LogP contribution in [0.2, 0.25) is 5.02 Å². The molecule has 2 heteroatoms. The summed E-state index contributed by atoms with van der Waals surface area (Å²) in [5.74, 6) is 0. The van der Waals surface area contributed by atoms with Gasteiger partial charge < -0.3 is 0 Å². The highest BCUT2D eigenvalue weighted by Gasteiger charge is 2.27. The van der Waals surface area contributed by atoms with Crippen molar-refractivity contribution in [2.75, 3.05) is 0 Å². The van der Waals surface area contributed by atoms with Gasteiger partial charge in [0.2, 0.25) is 0 Å². The zero-order valence-corrected chi connectivity index (χ0v) is 11.2. The molecule has 15 heavy (non-hydrogen) atoms. The molecule has 1 aromatic rings. The van der Waals surface area contributed by atoms with Crippen molar-refractivity contribution in [1.29, 1.82) is 0 Å². The summed E-state index contributed by atoms with van der Waals surface area (Å²) in [6.45, 7) is 13.1. The minimum Gasteiger partial charge on any atom is -0.263 e. The van der Waals surface area contributed by atoms with Gasteiger partial charge in [-0.15, -0.1) is 0 Å². The zero-order chi connectivity index (χ0) is 11.9. The molecule has 1 aromatic heterocycles. The molecule has 0 aliphatic carbocycles. The molecule has 0 amide bonds. The van der Waals surface area contributed by atoms with Crippen LogP contribution in [-0.2, 0) is 10.8 Å². The lowest BCUT2D eigenvalue weighted by molar-refractivity contribution is 0.528. The van der Waals surface area contributed by atoms with Crippen molar-refractivity contribution in [3.05, 3.63) is 28.5 Å². The fourth-order valence-corrected chi connectivity index (χ4v) is 2.21. The van der Waals surface area contributed by atoms with Gasteiger partial charge in [-0.05, 0) is 22.0 Å². The highest BCUT2D eigenvalue weighted by Crippen LogP contribution is 2.37. The molecule has 0 N–H and O–H groups in total. The molecule has 84 valence electrons. The summed E-state index contributed by atoms with van der Waals surface area (Å²) in [6.07, 6.45) is 3.67. The first-order chi connectivity index (χ1) is 6.64. The van der Waals surface area contributed by atoms with Crippen LogP contribution in [0.5, 0.6) is 0 Å². The lowest BCUT2D eigenvalue weighted by atomic mass is 9.76. The highest BCUT2D eigenvalue weighted by molar-refractivity contribution is 6.31. The predicted octanol–water partition coefficient (Wildman–Crippen LogP) is 4.33. The van der Waals surface area contributed by atoms with Gasteiger partial charge in [0, 0.05) is 12.4 Å². The maximum atomic E-state index is 6.26. The fraction of sp³-hybridized carbons (Fsp3) is 0.615. The Kier molecular flexibility index (Phi) is 3.16. The summed E-state index contributed by atoms with van der Waals surface area (Å²) in [7, 11) is 0. The van der Waals surface area contributed by atoms with Crippen LogP contribution in [0.15, 0.2) is 12.4 Å². The third kappa shape index (κ3) is 2.72. The molecular formula is C13H20ClN. The van der Waals surface area contributed by atoms with Crippen LogP contribution in [-0.4, -0.2) is 4.98 Å². The summed E-state index contributed by atoms with van der Waals surface area (Å²) < 4.78 is 0. The molecule has 0 aliphatic rings. The highest BCUT2D eigenvalue weighted by atomic mass is 35.5. The van der Waals surface area contributed by atoms with Gasteiger partial charge in [0.1, 0.15) is 0 Å². The molecule has 0 atom stereocenters. The van der Waals surface area contributed by atoms with Gasteiger partial charge in [-0.2, -0.15) is 0 Å². The second kappa shape index (κ2) is 3.79. The molecule has 1 heterocycles. The van der Waals surface area contributed by atoms with E-state index >= 15 is 0 Å². The molecule has 1 rings (SSSR count). The maximum Gasteiger partial charge on any atom is 0.0629 e. The van der Waals surface area contributed by atoms with E-state index in [4.69, 9.17) is 11.6 Å². The van der Waals surface area contributed by atoms with Gasteiger partial charge in [0.05, 0.1) is 5.02 Å². The quantitative estimate of drug-likeness (QED) is 0.641. The van der Waals surface area contributed by atoms with Gasteiger partial charge >= 0.3 is 0 Å². The third-order valence-corrected chi connectivity index (χ3v) is 2.74. The first kappa shape index (κ1) is 12.5. The number of pyridine rings is 1. The summed E-state index contributed by atoms with van der Waals surface area (Å²) in [4.78, 5) is 4.19. The van der Waals surface area contributed by atoms with Gasteiger partial charge in [-0.1, -0.05) is 53.1 Å². The van der Waals surface area contributed by atoms with Crippen molar-refractivity contribution < 1.29 is 0 Å². The fourth-order valence-electron chi connectivity index (χ4n) is 1.77. The Morgan fingerprint density at radius 3 is 1.80 bits per heavy atom. The van der Waals surface area contributed by atoms with Crippen LogP contribution in [0.3, 0.4) is 0 Å². The van der Waals surface area contributed by atoms with E-state index in [9.17, 15) is 0 Å². The van der Waals surface area contributed by atoms with E-state index in [0.29, 0.717) is 0 Å². The molecule has 0 fully saturated rings. The van der Waals surface area contributed by atoms with Gasteiger partial charge in [-0.25, -0.2) is 0 Å². The monoisotopic (exact) mass is 225 g/mol. The SMILES string of the molecule is CC(C)(C)c1cncc(Cl)c1C(C)(C)C. The molecule has 0 saturated carbocycles. The summed E-state index contributed by atoms with van der Waals surface area (Å²) in [5.41, 5.74) is 2.59. The second-order valence-electron chi connectivity index (χ2n) is 6.04. The summed E-state index contributed by atoms with van der Waals surface area (Å²) >= 11 is 6.26. The lowest BCUT2D eigenvalue weighted by Gasteiger charge is -2.30. The number of hydrogen-bond donors (Lipinski definition) is 0. The van der Waals surface area contributed by atoms with Crippen LogP contribution in [0, 0.1) is 0 Å². The van der Waals surface area contributed by atoms with Gasteiger partial charge in [0.25, 0.3) is 0 Å². The summed E-state index contributed by atoms with van der Waals surface area (Å²) in [6, 6.07) is 0. The van der Waals surface area contributed by atoms with Crippen molar-refractivity contribution in [1.82, 2.24) is 4.98 Å². The Morgan fingerprint density at radius 1 is 0.933 bits per heavy atom. The van der Waals surface area contributed by atoms with E-state index in [2.05, 4.69) is 46.5 Å². The molecule has 0 bridgehead atoms. The van der Waals surface area contributed by atoms with Crippen LogP contribution in [0.1, 0.15) is 52.7 Å². The van der Waals surface area contributed by atoms with E-state index in [1.54, 1.807) is 6.20 Å². The number of halogens is 1. The molecule has 0 aromatic carbocycles. The van der Waals surface area contributed by atoms with E-state index in [-0.39, 0.29) is 10.8 Å². The normalized spacial score (nSPS) is 13.0. The van der Waals surface area contributed by atoms with Crippen molar-refractivity contribution >= 4 is 11.6 Å². The number of rotatable bonds is 0. The Bertz CT molecular complexity index is 356. The predicted molar refractivity (Wildman–Crippen MR) is 66.6 cm³/mol. The van der Waals surface area contributed by atoms with Crippen molar-refractivity contribution in [2.24, 2.45) is 0 Å². The zero-order valence-electron chi connectivity index (χ0n) is 10.5. The standard InChI is InChI=1S/C13H20ClN/c1-12(2,3)9-7-15-8-10(14)11(9)13(4,5)6/h7-8H,1-6H3. The van der Waals surface area contributed by atoms with Crippen molar-refractivity contribution in [2.45, 2.75) is 52.4 Å². The van der Waals surface area contributed by atoms with E-state index in [0.717, 1.165) is 5.02 Å². The minimum absolute atomic E-state index is 0.0582. The largest absolute Gasteiger partial charge is 0.263 e. The molecule has 0 saturated heterocycles. The first-order valence-corrected chi connectivity index (χ1v) is 5.66. The maximum absolute atomic E-state index is 6.26. The Morgan fingerprint density at radius 2 is 1.47 bits per heavy atom. The number of aromatic nitrogens is 1. The Balaban J connectivity index is 3.48. The molecule has 0 aliphatic heterocycles. The lowest BCUT2D eigenvalue weighted by Crippen LogP contribution is -2.22. The minimum atomic E-state index is 0.0582. The average Bonchev–Trinajstić information content (AvgIpc) is 1.99. The van der Waals surface area contributed by atoms with Crippen molar-refractivity contribution in [3.63, 3.8) is 0 Å². The number of nitrogens with zero attached hydrogens (tertiary/aromatic N) is 1. The smallest absolute Gasteiger partial charge is 0.0629 e. The topological polar surface area (TPSA) is 12.9 Å². The van der Waals surface area contributed by atoms with Crippen LogP contribution in [0.4, 0.5) is 0 Å². The molecule has 0 unspecified atom stereocenters.